The molecule has 1 fully saturated rings. The number of aryl methyl sites for hydroxylation is 2. The normalized spacial score (nSPS) is 17.7. The van der Waals surface area contributed by atoms with Gasteiger partial charge in [-0.25, -0.2) is 4.98 Å². The van der Waals surface area contributed by atoms with Gasteiger partial charge in [-0.15, -0.1) is 0 Å². The zero-order valence-corrected chi connectivity index (χ0v) is 16.9. The Kier molecular flexibility index (Phi) is 6.31. The summed E-state index contributed by atoms with van der Waals surface area (Å²) in [6.07, 6.45) is 2.76. The molecule has 1 amide bonds. The molecule has 0 aromatic carbocycles. The molecular weight excluding hydrogens is 342 g/mol. The number of amides is 1. The number of aromatic nitrogens is 3. The maximum atomic E-state index is 13.1. The third-order valence-electron chi connectivity index (χ3n) is 5.41. The van der Waals surface area contributed by atoms with Crippen molar-refractivity contribution in [2.45, 2.75) is 59.4 Å². The van der Waals surface area contributed by atoms with Crippen LogP contribution in [-0.4, -0.2) is 57.1 Å². The average Bonchev–Trinajstić information content (AvgIpc) is 3.31. The minimum Gasteiger partial charge on any atom is -0.456 e. The molecule has 0 unspecified atom stereocenters. The predicted molar refractivity (Wildman–Crippen MR) is 104 cm³/mol. The lowest BCUT2D eigenvalue weighted by atomic mass is 9.97. The van der Waals surface area contributed by atoms with Gasteiger partial charge in [-0.1, -0.05) is 20.8 Å². The van der Waals surface area contributed by atoms with Gasteiger partial charge in [0.05, 0.1) is 0 Å². The van der Waals surface area contributed by atoms with E-state index in [2.05, 4.69) is 40.9 Å². The molecule has 7 heteroatoms. The molecule has 3 heterocycles. The van der Waals surface area contributed by atoms with Crippen LogP contribution in [0.3, 0.4) is 0 Å². The molecule has 27 heavy (non-hydrogen) atoms. The van der Waals surface area contributed by atoms with Crippen LogP contribution in [0.25, 0.3) is 0 Å². The molecule has 0 radical (unpaired) electrons. The number of hydrogen-bond donors (Lipinski definition) is 1. The Labute approximate surface area is 161 Å². The van der Waals surface area contributed by atoms with E-state index in [0.717, 1.165) is 68.4 Å². The van der Waals surface area contributed by atoms with E-state index in [-0.39, 0.29) is 11.8 Å². The highest BCUT2D eigenvalue weighted by molar-refractivity contribution is 5.92. The number of rotatable bonds is 7. The van der Waals surface area contributed by atoms with Gasteiger partial charge in [0.25, 0.3) is 5.91 Å². The van der Waals surface area contributed by atoms with Gasteiger partial charge in [0, 0.05) is 37.5 Å². The van der Waals surface area contributed by atoms with Crippen LogP contribution in [0, 0.1) is 6.92 Å². The molecule has 7 nitrogen and oxygen atoms in total. The van der Waals surface area contributed by atoms with Crippen LogP contribution < -0.4 is 0 Å². The van der Waals surface area contributed by atoms with Gasteiger partial charge in [0.15, 0.2) is 11.6 Å². The molecule has 3 rings (SSSR count). The van der Waals surface area contributed by atoms with E-state index in [1.165, 1.54) is 0 Å². The predicted octanol–water partition coefficient (Wildman–Crippen LogP) is 3.13. The second kappa shape index (κ2) is 8.69. The van der Waals surface area contributed by atoms with E-state index in [0.29, 0.717) is 12.3 Å². The monoisotopic (exact) mass is 373 g/mol. The molecule has 0 spiro atoms. The second-order valence-corrected chi connectivity index (χ2v) is 7.24. The van der Waals surface area contributed by atoms with Gasteiger partial charge in [-0.2, -0.15) is 5.10 Å². The van der Waals surface area contributed by atoms with E-state index in [9.17, 15) is 4.79 Å². The van der Waals surface area contributed by atoms with Crippen LogP contribution in [0.2, 0.25) is 0 Å². The highest BCUT2D eigenvalue weighted by atomic mass is 16.4. The van der Waals surface area contributed by atoms with Crippen LogP contribution in [-0.2, 0) is 13.0 Å². The van der Waals surface area contributed by atoms with Crippen molar-refractivity contribution < 1.29 is 9.21 Å². The van der Waals surface area contributed by atoms with E-state index >= 15 is 0 Å². The number of furan rings is 1. The zero-order valence-electron chi connectivity index (χ0n) is 16.9. The number of H-pyrrole nitrogens is 1. The van der Waals surface area contributed by atoms with Crippen molar-refractivity contribution in [1.82, 2.24) is 25.0 Å². The Morgan fingerprint density at radius 3 is 2.78 bits per heavy atom. The van der Waals surface area contributed by atoms with Gasteiger partial charge in [0.2, 0.25) is 0 Å². The van der Waals surface area contributed by atoms with Crippen molar-refractivity contribution in [2.75, 3.05) is 26.2 Å². The van der Waals surface area contributed by atoms with Crippen molar-refractivity contribution in [1.29, 1.82) is 0 Å². The molecule has 2 aromatic rings. The summed E-state index contributed by atoms with van der Waals surface area (Å²) in [5, 5.41) is 7.19. The van der Waals surface area contributed by atoms with Crippen LogP contribution in [0.1, 0.15) is 73.1 Å². The summed E-state index contributed by atoms with van der Waals surface area (Å²) in [5.74, 6) is 3.16. The summed E-state index contributed by atoms with van der Waals surface area (Å²) in [5.41, 5.74) is 1.13. The molecule has 1 N–H and O–H groups in total. The molecule has 1 aliphatic rings. The topological polar surface area (TPSA) is 78.3 Å². The maximum Gasteiger partial charge on any atom is 0.289 e. The Hall–Kier alpha value is -2.15. The van der Waals surface area contributed by atoms with Crippen LogP contribution in [0.4, 0.5) is 0 Å². The third-order valence-corrected chi connectivity index (χ3v) is 5.41. The second-order valence-electron chi connectivity index (χ2n) is 7.24. The quantitative estimate of drug-likeness (QED) is 0.807. The van der Waals surface area contributed by atoms with Crippen molar-refractivity contribution in [3.05, 3.63) is 34.8 Å². The number of hydrogen-bond acceptors (Lipinski definition) is 5. The summed E-state index contributed by atoms with van der Waals surface area (Å²) in [6.45, 7) is 12.5. The fraction of sp³-hybridized carbons (Fsp3) is 0.650. The number of carbonyl (C=O) groups is 1. The summed E-state index contributed by atoms with van der Waals surface area (Å²) < 4.78 is 5.96. The summed E-state index contributed by atoms with van der Waals surface area (Å²) >= 11 is 0. The standard InChI is InChI=1S/C20H31N5O2/c1-5-17-16(12-24(6-2)7-3)11-18(27-17)20(26)25-10-8-9-15(13-25)19-21-14(4)22-23-19/h11,15H,5-10,12-13H2,1-4H3,(H,21,22,23)/t15-/m1/s1. The Bertz CT molecular complexity index is 762. The molecule has 1 aliphatic heterocycles. The Morgan fingerprint density at radius 2 is 2.15 bits per heavy atom. The summed E-state index contributed by atoms with van der Waals surface area (Å²) in [6, 6.07) is 1.94. The van der Waals surface area contributed by atoms with Gasteiger partial charge in [-0.3, -0.25) is 14.8 Å². The minimum absolute atomic E-state index is 0.0209. The molecule has 1 saturated heterocycles. The average molecular weight is 374 g/mol. The Balaban J connectivity index is 1.73. The molecular formula is C20H31N5O2. The van der Waals surface area contributed by atoms with Crippen molar-refractivity contribution in [3.8, 4) is 0 Å². The molecule has 0 aliphatic carbocycles. The summed E-state index contributed by atoms with van der Waals surface area (Å²) in [4.78, 5) is 21.7. The molecule has 148 valence electrons. The van der Waals surface area contributed by atoms with Gasteiger partial charge < -0.3 is 9.32 Å². The molecule has 0 saturated carbocycles. The maximum absolute atomic E-state index is 13.1. The van der Waals surface area contributed by atoms with Gasteiger partial charge in [0.1, 0.15) is 11.6 Å². The number of piperidine rings is 1. The van der Waals surface area contributed by atoms with Crippen molar-refractivity contribution in [2.24, 2.45) is 0 Å². The largest absolute Gasteiger partial charge is 0.456 e. The molecule has 1 atom stereocenters. The van der Waals surface area contributed by atoms with E-state index in [1.54, 1.807) is 0 Å². The molecule has 2 aromatic heterocycles. The number of nitrogens with one attached hydrogen (secondary N) is 1. The first kappa shape index (κ1) is 19.6. The smallest absolute Gasteiger partial charge is 0.289 e. The first-order valence-electron chi connectivity index (χ1n) is 10.1. The summed E-state index contributed by atoms with van der Waals surface area (Å²) in [7, 11) is 0. The zero-order chi connectivity index (χ0) is 19.4. The lowest BCUT2D eigenvalue weighted by molar-refractivity contribution is 0.0670. The van der Waals surface area contributed by atoms with Crippen LogP contribution >= 0.6 is 0 Å². The lowest BCUT2D eigenvalue weighted by Crippen LogP contribution is -2.39. The van der Waals surface area contributed by atoms with Crippen LogP contribution in [0.5, 0.6) is 0 Å². The third kappa shape index (κ3) is 4.40. The van der Waals surface area contributed by atoms with E-state index < -0.39 is 0 Å². The fourth-order valence-electron chi connectivity index (χ4n) is 3.76. The van der Waals surface area contributed by atoms with Gasteiger partial charge in [-0.05, 0) is 38.9 Å². The van der Waals surface area contributed by atoms with E-state index in [1.807, 2.05) is 17.9 Å². The first-order chi connectivity index (χ1) is 13.0. The highest BCUT2D eigenvalue weighted by Gasteiger charge is 2.29. The molecule has 0 bridgehead atoms. The highest BCUT2D eigenvalue weighted by Crippen LogP contribution is 2.27. The number of carbonyl (C=O) groups excluding carboxylic acids is 1. The van der Waals surface area contributed by atoms with E-state index in [4.69, 9.17) is 4.42 Å². The van der Waals surface area contributed by atoms with Crippen LogP contribution in [0.15, 0.2) is 10.5 Å². The SMILES string of the molecule is CCc1oc(C(=O)N2CCC[C@@H](c3n[nH]c(C)n3)C2)cc1CN(CC)CC. The lowest BCUT2D eigenvalue weighted by Gasteiger charge is -2.30. The van der Waals surface area contributed by atoms with Crippen molar-refractivity contribution >= 4 is 5.91 Å². The number of aromatic amines is 1. The Morgan fingerprint density at radius 1 is 1.37 bits per heavy atom. The first-order valence-corrected chi connectivity index (χ1v) is 10.1. The number of nitrogens with zero attached hydrogens (tertiary/aromatic N) is 4. The van der Waals surface area contributed by atoms with Crippen molar-refractivity contribution in [3.63, 3.8) is 0 Å². The minimum atomic E-state index is -0.0209. The van der Waals surface area contributed by atoms with Gasteiger partial charge >= 0.3 is 0 Å². The fourth-order valence-corrected chi connectivity index (χ4v) is 3.76. The number of likely N-dealkylation sites (tertiary alicyclic amines) is 1.